The SMILES string of the molecule is C/C=C/COC(=O)CSc1ccccc1. The third kappa shape index (κ3) is 5.27. The van der Waals surface area contributed by atoms with E-state index < -0.39 is 0 Å². The van der Waals surface area contributed by atoms with Crippen molar-refractivity contribution in [3.8, 4) is 0 Å². The highest BCUT2D eigenvalue weighted by atomic mass is 32.2. The van der Waals surface area contributed by atoms with Gasteiger partial charge < -0.3 is 4.74 Å². The van der Waals surface area contributed by atoms with E-state index in [1.165, 1.54) is 11.8 Å². The Balaban J connectivity index is 2.23. The minimum absolute atomic E-state index is 0.179. The third-order valence-electron chi connectivity index (χ3n) is 1.68. The molecular weight excluding hydrogens is 208 g/mol. The maximum Gasteiger partial charge on any atom is 0.316 e. The number of hydrogen-bond acceptors (Lipinski definition) is 3. The summed E-state index contributed by atoms with van der Waals surface area (Å²) in [5, 5.41) is 0. The molecule has 0 fully saturated rings. The molecule has 0 saturated heterocycles. The van der Waals surface area contributed by atoms with Crippen molar-refractivity contribution in [1.29, 1.82) is 0 Å². The van der Waals surface area contributed by atoms with Gasteiger partial charge in [0.1, 0.15) is 6.61 Å². The summed E-state index contributed by atoms with van der Waals surface area (Å²) in [5.41, 5.74) is 0. The molecule has 0 spiro atoms. The lowest BCUT2D eigenvalue weighted by atomic mass is 10.4. The fourth-order valence-electron chi connectivity index (χ4n) is 0.938. The molecule has 0 aliphatic carbocycles. The summed E-state index contributed by atoms with van der Waals surface area (Å²) in [6.07, 6.45) is 3.67. The first kappa shape index (κ1) is 11.9. The molecule has 3 heteroatoms. The van der Waals surface area contributed by atoms with Crippen molar-refractivity contribution in [2.75, 3.05) is 12.4 Å². The highest BCUT2D eigenvalue weighted by Gasteiger charge is 2.02. The van der Waals surface area contributed by atoms with E-state index in [0.717, 1.165) is 4.90 Å². The zero-order chi connectivity index (χ0) is 10.9. The average Bonchev–Trinajstić information content (AvgIpc) is 2.28. The third-order valence-corrected chi connectivity index (χ3v) is 2.66. The standard InChI is InChI=1S/C12H14O2S/c1-2-3-9-14-12(13)10-15-11-7-5-4-6-8-11/h2-8H,9-10H2,1H3/b3-2+. The molecule has 0 N–H and O–H groups in total. The summed E-state index contributed by atoms with van der Waals surface area (Å²) in [7, 11) is 0. The van der Waals surface area contributed by atoms with E-state index in [0.29, 0.717) is 12.4 Å². The minimum atomic E-state index is -0.179. The molecule has 0 aromatic heterocycles. The Morgan fingerprint density at radius 1 is 1.40 bits per heavy atom. The number of ether oxygens (including phenoxy) is 1. The molecule has 2 nitrogen and oxygen atoms in total. The largest absolute Gasteiger partial charge is 0.461 e. The Labute approximate surface area is 94.3 Å². The van der Waals surface area contributed by atoms with Crippen LogP contribution < -0.4 is 0 Å². The Hall–Kier alpha value is -1.22. The van der Waals surface area contributed by atoms with E-state index in [9.17, 15) is 4.79 Å². The normalized spacial score (nSPS) is 10.5. The highest BCUT2D eigenvalue weighted by molar-refractivity contribution is 8.00. The van der Waals surface area contributed by atoms with Gasteiger partial charge in [-0.05, 0) is 19.1 Å². The van der Waals surface area contributed by atoms with E-state index >= 15 is 0 Å². The number of allylic oxidation sites excluding steroid dienone is 1. The van der Waals surface area contributed by atoms with Crippen LogP contribution in [0.1, 0.15) is 6.92 Å². The Morgan fingerprint density at radius 2 is 2.13 bits per heavy atom. The van der Waals surface area contributed by atoms with Crippen molar-refractivity contribution >= 4 is 17.7 Å². The van der Waals surface area contributed by atoms with Crippen molar-refractivity contribution in [2.24, 2.45) is 0 Å². The van der Waals surface area contributed by atoms with Crippen molar-refractivity contribution in [1.82, 2.24) is 0 Å². The van der Waals surface area contributed by atoms with Crippen LogP contribution in [0.15, 0.2) is 47.4 Å². The van der Waals surface area contributed by atoms with E-state index in [4.69, 9.17) is 4.74 Å². The van der Waals surface area contributed by atoms with Crippen LogP contribution in [0.5, 0.6) is 0 Å². The second-order valence-electron chi connectivity index (χ2n) is 2.85. The summed E-state index contributed by atoms with van der Waals surface area (Å²) in [6, 6.07) is 9.81. The molecule has 0 amide bonds. The zero-order valence-corrected chi connectivity index (χ0v) is 9.50. The number of hydrogen-bond donors (Lipinski definition) is 0. The van der Waals surface area contributed by atoms with Crippen LogP contribution in [0.2, 0.25) is 0 Å². The van der Waals surface area contributed by atoms with Gasteiger partial charge >= 0.3 is 5.97 Å². The molecule has 0 bridgehead atoms. The first-order valence-electron chi connectivity index (χ1n) is 4.77. The van der Waals surface area contributed by atoms with Gasteiger partial charge in [0.05, 0.1) is 5.75 Å². The predicted octanol–water partition coefficient (Wildman–Crippen LogP) is 2.90. The van der Waals surface area contributed by atoms with Gasteiger partial charge in [0.2, 0.25) is 0 Å². The van der Waals surface area contributed by atoms with Crippen molar-refractivity contribution < 1.29 is 9.53 Å². The van der Waals surface area contributed by atoms with Crippen LogP contribution in [-0.4, -0.2) is 18.3 Å². The van der Waals surface area contributed by atoms with Gasteiger partial charge in [-0.15, -0.1) is 11.8 Å². The molecule has 1 aromatic carbocycles. The minimum Gasteiger partial charge on any atom is -0.461 e. The lowest BCUT2D eigenvalue weighted by Gasteiger charge is -2.01. The number of carbonyl (C=O) groups is 1. The lowest BCUT2D eigenvalue weighted by Crippen LogP contribution is -2.06. The maximum absolute atomic E-state index is 11.2. The highest BCUT2D eigenvalue weighted by Crippen LogP contribution is 2.16. The van der Waals surface area contributed by atoms with Gasteiger partial charge in [0.25, 0.3) is 0 Å². The maximum atomic E-state index is 11.2. The van der Waals surface area contributed by atoms with Crippen LogP contribution in [0.25, 0.3) is 0 Å². The number of benzene rings is 1. The van der Waals surface area contributed by atoms with Gasteiger partial charge in [-0.2, -0.15) is 0 Å². The summed E-state index contributed by atoms with van der Waals surface area (Å²) in [4.78, 5) is 12.3. The smallest absolute Gasteiger partial charge is 0.316 e. The number of carbonyl (C=O) groups excluding carboxylic acids is 1. The molecule has 1 rings (SSSR count). The van der Waals surface area contributed by atoms with E-state index in [2.05, 4.69) is 0 Å². The van der Waals surface area contributed by atoms with Crippen LogP contribution >= 0.6 is 11.8 Å². The van der Waals surface area contributed by atoms with E-state index in [1.54, 1.807) is 0 Å². The summed E-state index contributed by atoms with van der Waals surface area (Å²) < 4.78 is 4.96. The van der Waals surface area contributed by atoms with E-state index in [-0.39, 0.29) is 5.97 Å². The second-order valence-corrected chi connectivity index (χ2v) is 3.90. The van der Waals surface area contributed by atoms with Gasteiger partial charge in [0, 0.05) is 4.90 Å². The Bertz CT molecular complexity index is 320. The Kier molecular flexibility index (Phi) is 5.63. The quantitative estimate of drug-likeness (QED) is 0.435. The molecule has 0 saturated carbocycles. The summed E-state index contributed by atoms with van der Waals surface area (Å²) >= 11 is 1.49. The number of esters is 1. The van der Waals surface area contributed by atoms with Crippen molar-refractivity contribution in [3.05, 3.63) is 42.5 Å². The second kappa shape index (κ2) is 7.12. The van der Waals surface area contributed by atoms with Crippen LogP contribution in [-0.2, 0) is 9.53 Å². The molecule has 0 heterocycles. The van der Waals surface area contributed by atoms with Crippen molar-refractivity contribution in [2.45, 2.75) is 11.8 Å². The molecule has 15 heavy (non-hydrogen) atoms. The molecule has 1 aromatic rings. The van der Waals surface area contributed by atoms with E-state index in [1.807, 2.05) is 49.4 Å². The monoisotopic (exact) mass is 222 g/mol. The van der Waals surface area contributed by atoms with Gasteiger partial charge in [0.15, 0.2) is 0 Å². The van der Waals surface area contributed by atoms with Gasteiger partial charge in [-0.1, -0.05) is 30.4 Å². The van der Waals surface area contributed by atoms with Crippen molar-refractivity contribution in [3.63, 3.8) is 0 Å². The first-order valence-corrected chi connectivity index (χ1v) is 5.76. The molecular formula is C12H14O2S. The molecule has 80 valence electrons. The number of thioether (sulfide) groups is 1. The van der Waals surface area contributed by atoms with Crippen LogP contribution in [0.3, 0.4) is 0 Å². The van der Waals surface area contributed by atoms with Crippen LogP contribution in [0.4, 0.5) is 0 Å². The molecule has 0 aliphatic heterocycles. The topological polar surface area (TPSA) is 26.3 Å². The molecule has 0 atom stereocenters. The zero-order valence-electron chi connectivity index (χ0n) is 8.68. The fraction of sp³-hybridized carbons (Fsp3) is 0.250. The molecule has 0 radical (unpaired) electrons. The Morgan fingerprint density at radius 3 is 2.80 bits per heavy atom. The first-order chi connectivity index (χ1) is 7.33. The number of rotatable bonds is 5. The molecule has 0 unspecified atom stereocenters. The van der Waals surface area contributed by atoms with Gasteiger partial charge in [-0.25, -0.2) is 0 Å². The van der Waals surface area contributed by atoms with Gasteiger partial charge in [-0.3, -0.25) is 4.79 Å². The lowest BCUT2D eigenvalue weighted by molar-refractivity contribution is -0.139. The predicted molar refractivity (Wildman–Crippen MR) is 62.9 cm³/mol. The average molecular weight is 222 g/mol. The summed E-state index contributed by atoms with van der Waals surface area (Å²) in [6.45, 7) is 2.26. The summed E-state index contributed by atoms with van der Waals surface area (Å²) in [5.74, 6) is 0.184. The molecule has 0 aliphatic rings. The van der Waals surface area contributed by atoms with Crippen LogP contribution in [0, 0.1) is 0 Å². The fourth-order valence-corrected chi connectivity index (χ4v) is 1.66.